The molecule has 0 radical (unpaired) electrons. The van der Waals surface area contributed by atoms with Crippen molar-refractivity contribution in [3.05, 3.63) is 95.6 Å². The Hall–Kier alpha value is -2.95. The lowest BCUT2D eigenvalue weighted by Gasteiger charge is -2.08. The van der Waals surface area contributed by atoms with Crippen molar-refractivity contribution in [1.82, 2.24) is 10.8 Å². The molecule has 126 valence electrons. The molecule has 3 N–H and O–H groups in total. The van der Waals surface area contributed by atoms with Crippen LogP contribution in [0.1, 0.15) is 21.5 Å². The largest absolute Gasteiger partial charge is 0.309 e. The molecule has 4 heteroatoms. The van der Waals surface area contributed by atoms with E-state index in [0.29, 0.717) is 5.56 Å². The molecule has 0 aromatic heterocycles. The van der Waals surface area contributed by atoms with Crippen molar-refractivity contribution in [2.75, 3.05) is 0 Å². The maximum Gasteiger partial charge on any atom is 0.274 e. The van der Waals surface area contributed by atoms with Gasteiger partial charge in [0.05, 0.1) is 0 Å². The first-order valence-electron chi connectivity index (χ1n) is 8.15. The average molecular weight is 332 g/mol. The van der Waals surface area contributed by atoms with Gasteiger partial charge in [-0.05, 0) is 40.5 Å². The van der Waals surface area contributed by atoms with Crippen molar-refractivity contribution < 1.29 is 10.0 Å². The molecule has 0 aliphatic heterocycles. The van der Waals surface area contributed by atoms with E-state index in [0.717, 1.165) is 24.2 Å². The predicted molar refractivity (Wildman–Crippen MR) is 98.1 cm³/mol. The van der Waals surface area contributed by atoms with E-state index in [1.807, 2.05) is 42.5 Å². The van der Waals surface area contributed by atoms with E-state index in [-0.39, 0.29) is 0 Å². The minimum Gasteiger partial charge on any atom is -0.309 e. The van der Waals surface area contributed by atoms with Crippen molar-refractivity contribution in [1.29, 1.82) is 0 Å². The Labute approximate surface area is 147 Å². The Morgan fingerprint density at radius 3 is 2.16 bits per heavy atom. The molecule has 0 fully saturated rings. The van der Waals surface area contributed by atoms with Gasteiger partial charge >= 0.3 is 0 Å². The molecule has 0 saturated carbocycles. The van der Waals surface area contributed by atoms with E-state index < -0.39 is 5.91 Å². The van der Waals surface area contributed by atoms with Crippen molar-refractivity contribution in [2.24, 2.45) is 0 Å². The predicted octanol–water partition coefficient (Wildman–Crippen LogP) is 3.76. The molecule has 4 nitrogen and oxygen atoms in total. The molecule has 3 aromatic rings. The van der Waals surface area contributed by atoms with Gasteiger partial charge in [0.2, 0.25) is 0 Å². The van der Waals surface area contributed by atoms with Crippen LogP contribution < -0.4 is 10.8 Å². The summed E-state index contributed by atoms with van der Waals surface area (Å²) in [7, 11) is 0. The first-order valence-corrected chi connectivity index (χ1v) is 8.15. The van der Waals surface area contributed by atoms with Crippen LogP contribution in [0.25, 0.3) is 11.1 Å². The molecular weight excluding hydrogens is 312 g/mol. The maximum absolute atomic E-state index is 11.4. The molecule has 0 aliphatic carbocycles. The second-order valence-electron chi connectivity index (χ2n) is 5.81. The van der Waals surface area contributed by atoms with Crippen LogP contribution in [-0.4, -0.2) is 11.1 Å². The number of hydroxylamine groups is 1. The van der Waals surface area contributed by atoms with E-state index in [4.69, 9.17) is 5.21 Å². The number of amides is 1. The maximum atomic E-state index is 11.4. The summed E-state index contributed by atoms with van der Waals surface area (Å²) in [6, 6.07) is 25.8. The molecule has 0 atom stereocenters. The number of carbonyl (C=O) groups excluding carboxylic acids is 1. The second-order valence-corrected chi connectivity index (χ2v) is 5.81. The van der Waals surface area contributed by atoms with E-state index >= 15 is 0 Å². The van der Waals surface area contributed by atoms with E-state index in [1.54, 1.807) is 17.6 Å². The highest BCUT2D eigenvalue weighted by molar-refractivity contribution is 5.93. The number of carbonyl (C=O) groups is 1. The zero-order valence-corrected chi connectivity index (χ0v) is 13.8. The Bertz CT molecular complexity index is 830. The van der Waals surface area contributed by atoms with Gasteiger partial charge in [0.25, 0.3) is 5.91 Å². The summed E-state index contributed by atoms with van der Waals surface area (Å²) in [6.07, 6.45) is 0. The smallest absolute Gasteiger partial charge is 0.274 e. The summed E-state index contributed by atoms with van der Waals surface area (Å²) in [5.41, 5.74) is 6.64. The summed E-state index contributed by atoms with van der Waals surface area (Å²) in [6.45, 7) is 1.61. The quantitative estimate of drug-likeness (QED) is 0.476. The van der Waals surface area contributed by atoms with E-state index in [2.05, 4.69) is 29.6 Å². The van der Waals surface area contributed by atoms with Crippen molar-refractivity contribution >= 4 is 5.91 Å². The molecule has 0 aliphatic rings. The molecule has 3 rings (SSSR count). The number of benzene rings is 3. The van der Waals surface area contributed by atoms with Crippen LogP contribution in [0, 0.1) is 0 Å². The molecule has 3 aromatic carbocycles. The Morgan fingerprint density at radius 2 is 1.44 bits per heavy atom. The lowest BCUT2D eigenvalue weighted by Crippen LogP contribution is -2.18. The van der Waals surface area contributed by atoms with Crippen LogP contribution in [0.4, 0.5) is 0 Å². The molecule has 25 heavy (non-hydrogen) atoms. The van der Waals surface area contributed by atoms with Gasteiger partial charge in [-0.25, -0.2) is 5.48 Å². The van der Waals surface area contributed by atoms with Gasteiger partial charge in [-0.3, -0.25) is 10.0 Å². The lowest BCUT2D eigenvalue weighted by atomic mass is 10.0. The zero-order chi connectivity index (χ0) is 17.5. The SMILES string of the molecule is O=C(NO)c1ccc(-c2cccc(CNCc3ccccc3)c2)cc1. The normalized spacial score (nSPS) is 10.4. The van der Waals surface area contributed by atoms with Crippen LogP contribution in [0.2, 0.25) is 0 Å². The number of rotatable bonds is 6. The van der Waals surface area contributed by atoms with Crippen LogP contribution >= 0.6 is 0 Å². The molecule has 0 unspecified atom stereocenters. The summed E-state index contributed by atoms with van der Waals surface area (Å²) < 4.78 is 0. The number of hydrogen-bond acceptors (Lipinski definition) is 3. The van der Waals surface area contributed by atoms with Crippen LogP contribution in [0.5, 0.6) is 0 Å². The van der Waals surface area contributed by atoms with Crippen LogP contribution in [0.3, 0.4) is 0 Å². The topological polar surface area (TPSA) is 61.4 Å². The van der Waals surface area contributed by atoms with E-state index in [1.165, 1.54) is 11.1 Å². The summed E-state index contributed by atoms with van der Waals surface area (Å²) >= 11 is 0. The van der Waals surface area contributed by atoms with Gasteiger partial charge in [0.15, 0.2) is 0 Å². The molecule has 0 bridgehead atoms. The second kappa shape index (κ2) is 8.24. The third-order valence-corrected chi connectivity index (χ3v) is 4.01. The van der Waals surface area contributed by atoms with Crippen molar-refractivity contribution in [3.63, 3.8) is 0 Å². The number of hydrogen-bond donors (Lipinski definition) is 3. The van der Waals surface area contributed by atoms with Crippen LogP contribution in [0.15, 0.2) is 78.9 Å². The molecule has 0 spiro atoms. The van der Waals surface area contributed by atoms with E-state index in [9.17, 15) is 4.79 Å². The average Bonchev–Trinajstić information content (AvgIpc) is 2.68. The third kappa shape index (κ3) is 4.53. The molecule has 0 heterocycles. The highest BCUT2D eigenvalue weighted by atomic mass is 16.5. The Kier molecular flexibility index (Phi) is 5.57. The molecule has 1 amide bonds. The fraction of sp³-hybridized carbons (Fsp3) is 0.0952. The highest BCUT2D eigenvalue weighted by Gasteiger charge is 2.05. The monoisotopic (exact) mass is 332 g/mol. The minimum atomic E-state index is -0.509. The molecule has 0 saturated heterocycles. The van der Waals surface area contributed by atoms with Gasteiger partial charge in [-0.1, -0.05) is 60.7 Å². The standard InChI is InChI=1S/C21H20N2O2/c24-21(23-25)19-11-9-18(10-12-19)20-8-4-7-17(13-20)15-22-14-16-5-2-1-3-6-16/h1-13,22,25H,14-15H2,(H,23,24). The minimum absolute atomic E-state index is 0.423. The number of nitrogens with one attached hydrogen (secondary N) is 2. The Balaban J connectivity index is 1.65. The van der Waals surface area contributed by atoms with Crippen molar-refractivity contribution in [2.45, 2.75) is 13.1 Å². The zero-order valence-electron chi connectivity index (χ0n) is 13.8. The van der Waals surface area contributed by atoms with Crippen molar-refractivity contribution in [3.8, 4) is 11.1 Å². The van der Waals surface area contributed by atoms with Gasteiger partial charge in [0, 0.05) is 18.7 Å². The van der Waals surface area contributed by atoms with Gasteiger partial charge in [0.1, 0.15) is 0 Å². The Morgan fingerprint density at radius 1 is 0.760 bits per heavy atom. The summed E-state index contributed by atoms with van der Waals surface area (Å²) in [5.74, 6) is -0.509. The molecular formula is C21H20N2O2. The fourth-order valence-corrected chi connectivity index (χ4v) is 2.69. The van der Waals surface area contributed by atoms with Crippen LogP contribution in [-0.2, 0) is 13.1 Å². The third-order valence-electron chi connectivity index (χ3n) is 4.01. The first kappa shape index (κ1) is 16.9. The van der Waals surface area contributed by atoms with Gasteiger partial charge in [-0.15, -0.1) is 0 Å². The lowest BCUT2D eigenvalue weighted by molar-refractivity contribution is 0.0706. The highest BCUT2D eigenvalue weighted by Crippen LogP contribution is 2.21. The summed E-state index contributed by atoms with van der Waals surface area (Å²) in [5, 5.41) is 12.1. The summed E-state index contributed by atoms with van der Waals surface area (Å²) in [4.78, 5) is 11.4. The van der Waals surface area contributed by atoms with Gasteiger partial charge < -0.3 is 5.32 Å². The fourth-order valence-electron chi connectivity index (χ4n) is 2.69. The van der Waals surface area contributed by atoms with Gasteiger partial charge in [-0.2, -0.15) is 0 Å². The first-order chi connectivity index (χ1) is 12.3.